The predicted octanol–water partition coefficient (Wildman–Crippen LogP) is 4.23. The Morgan fingerprint density at radius 1 is 1.26 bits per heavy atom. The molecule has 4 fully saturated rings. The topological polar surface area (TPSA) is 60.7 Å². The SMILES string of the molecule is O=C(OCc1cc(=O)n2cc(Br)ccc2n1)C12C[C@H]3C[C@@H](CC(Br)(C3)C1)C2. The monoisotopic (exact) mass is 494 g/mol. The fraction of sp³-hybridized carbons (Fsp3) is 0.550. The summed E-state index contributed by atoms with van der Waals surface area (Å²) in [5.41, 5.74) is 0.506. The minimum Gasteiger partial charge on any atom is -0.459 e. The zero-order valence-corrected chi connectivity index (χ0v) is 18.0. The molecule has 2 aromatic rings. The summed E-state index contributed by atoms with van der Waals surface area (Å²) < 4.78 is 8.10. The Morgan fingerprint density at radius 2 is 2.00 bits per heavy atom. The number of nitrogens with zero attached hydrogens (tertiary/aromatic N) is 2. The Kier molecular flexibility index (Phi) is 4.06. The molecule has 142 valence electrons. The molecule has 0 unspecified atom stereocenters. The molecule has 2 atom stereocenters. The van der Waals surface area contributed by atoms with Gasteiger partial charge in [0.1, 0.15) is 12.3 Å². The lowest BCUT2D eigenvalue weighted by Gasteiger charge is -2.58. The summed E-state index contributed by atoms with van der Waals surface area (Å²) in [6.07, 6.45) is 8.04. The maximum Gasteiger partial charge on any atom is 0.312 e. The smallest absolute Gasteiger partial charge is 0.312 e. The number of hydrogen-bond donors (Lipinski definition) is 0. The number of halogens is 2. The molecule has 4 aliphatic carbocycles. The van der Waals surface area contributed by atoms with Crippen molar-refractivity contribution >= 4 is 43.5 Å². The van der Waals surface area contributed by atoms with Gasteiger partial charge in [0.25, 0.3) is 5.56 Å². The first kappa shape index (κ1) is 17.9. The number of esters is 1. The van der Waals surface area contributed by atoms with Crippen molar-refractivity contribution in [2.24, 2.45) is 17.3 Å². The minimum absolute atomic E-state index is 0.0486. The lowest BCUT2D eigenvalue weighted by Crippen LogP contribution is -2.56. The van der Waals surface area contributed by atoms with Crippen molar-refractivity contribution in [3.63, 3.8) is 0 Å². The fourth-order valence-corrected chi connectivity index (χ4v) is 7.67. The third-order valence-electron chi connectivity index (χ3n) is 6.45. The number of alkyl halides is 1. The molecule has 4 saturated carbocycles. The van der Waals surface area contributed by atoms with E-state index in [-0.39, 0.29) is 27.9 Å². The van der Waals surface area contributed by atoms with Gasteiger partial charge in [-0.2, -0.15) is 0 Å². The van der Waals surface area contributed by atoms with E-state index in [9.17, 15) is 9.59 Å². The van der Waals surface area contributed by atoms with Gasteiger partial charge in [-0.05, 0) is 78.4 Å². The standard InChI is InChI=1S/C20H20Br2N2O3/c21-14-1-2-16-23-15(4-17(25)24(16)9-14)10-27-18(26)19-5-12-3-13(6-19)8-20(22,7-12)11-19/h1-2,4,9,12-13H,3,5-8,10-11H2/t12-,13-,19?,20?/m1/s1. The summed E-state index contributed by atoms with van der Waals surface area (Å²) in [6.45, 7) is 0.0486. The molecular weight excluding hydrogens is 476 g/mol. The molecule has 6 rings (SSSR count). The van der Waals surface area contributed by atoms with Gasteiger partial charge in [-0.1, -0.05) is 15.9 Å². The minimum atomic E-state index is -0.357. The van der Waals surface area contributed by atoms with Crippen LogP contribution in [0.1, 0.15) is 44.2 Å². The van der Waals surface area contributed by atoms with Crippen LogP contribution in [0.25, 0.3) is 5.65 Å². The second kappa shape index (κ2) is 6.14. The number of pyridine rings is 1. The first-order valence-corrected chi connectivity index (χ1v) is 11.0. The molecule has 4 aliphatic rings. The predicted molar refractivity (Wildman–Crippen MR) is 108 cm³/mol. The molecular formula is C20H20Br2N2O3. The van der Waals surface area contributed by atoms with Crippen LogP contribution in [-0.2, 0) is 16.1 Å². The first-order valence-electron chi connectivity index (χ1n) is 9.38. The molecule has 2 heterocycles. The highest BCUT2D eigenvalue weighted by atomic mass is 79.9. The maximum atomic E-state index is 13.0. The van der Waals surface area contributed by atoms with E-state index in [2.05, 4.69) is 36.8 Å². The van der Waals surface area contributed by atoms with E-state index >= 15 is 0 Å². The highest BCUT2D eigenvalue weighted by Gasteiger charge is 2.60. The summed E-state index contributed by atoms with van der Waals surface area (Å²) in [5.74, 6) is 1.14. The molecule has 0 aliphatic heterocycles. The fourth-order valence-electron chi connectivity index (χ4n) is 5.88. The summed E-state index contributed by atoms with van der Waals surface area (Å²) in [4.78, 5) is 29.8. The Hall–Kier alpha value is -1.21. The van der Waals surface area contributed by atoms with Crippen LogP contribution in [0, 0.1) is 17.3 Å². The number of rotatable bonds is 3. The molecule has 2 aromatic heterocycles. The zero-order chi connectivity index (χ0) is 18.8. The van der Waals surface area contributed by atoms with Gasteiger partial charge < -0.3 is 4.74 Å². The van der Waals surface area contributed by atoms with Crippen LogP contribution in [0.4, 0.5) is 0 Å². The van der Waals surface area contributed by atoms with Crippen LogP contribution in [0.2, 0.25) is 0 Å². The van der Waals surface area contributed by atoms with Gasteiger partial charge in [-0.15, -0.1) is 0 Å². The zero-order valence-electron chi connectivity index (χ0n) is 14.8. The second-order valence-electron chi connectivity index (χ2n) is 8.63. The van der Waals surface area contributed by atoms with Gasteiger partial charge in [0.2, 0.25) is 0 Å². The quantitative estimate of drug-likeness (QED) is 0.472. The summed E-state index contributed by atoms with van der Waals surface area (Å²) in [7, 11) is 0. The summed E-state index contributed by atoms with van der Waals surface area (Å²) in [6, 6.07) is 5.05. The van der Waals surface area contributed by atoms with Crippen LogP contribution >= 0.6 is 31.9 Å². The van der Waals surface area contributed by atoms with Gasteiger partial charge in [0, 0.05) is 21.1 Å². The highest BCUT2D eigenvalue weighted by Crippen LogP contribution is 2.64. The van der Waals surface area contributed by atoms with Crippen molar-refractivity contribution in [2.45, 2.75) is 49.5 Å². The largest absolute Gasteiger partial charge is 0.459 e. The number of ether oxygens (including phenoxy) is 1. The van der Waals surface area contributed by atoms with Crippen molar-refractivity contribution in [1.29, 1.82) is 0 Å². The van der Waals surface area contributed by atoms with Crippen molar-refractivity contribution < 1.29 is 9.53 Å². The molecule has 4 bridgehead atoms. The molecule has 0 N–H and O–H groups in total. The molecule has 0 saturated heterocycles. The molecule has 0 aromatic carbocycles. The average Bonchev–Trinajstić information content (AvgIpc) is 2.58. The summed E-state index contributed by atoms with van der Waals surface area (Å²) >= 11 is 7.29. The maximum absolute atomic E-state index is 13.0. The Labute approximate surface area is 173 Å². The molecule has 0 spiro atoms. The number of carbonyl (C=O) groups is 1. The molecule has 5 nitrogen and oxygen atoms in total. The van der Waals surface area contributed by atoms with Crippen molar-refractivity contribution in [3.05, 3.63) is 44.9 Å². The Morgan fingerprint density at radius 3 is 2.70 bits per heavy atom. The van der Waals surface area contributed by atoms with Crippen molar-refractivity contribution in [1.82, 2.24) is 9.38 Å². The second-order valence-corrected chi connectivity index (χ2v) is 11.2. The number of hydrogen-bond acceptors (Lipinski definition) is 4. The van der Waals surface area contributed by atoms with Crippen LogP contribution in [0.15, 0.2) is 33.7 Å². The van der Waals surface area contributed by atoms with Crippen LogP contribution in [-0.4, -0.2) is 19.7 Å². The van der Waals surface area contributed by atoms with E-state index in [1.54, 1.807) is 12.3 Å². The van der Waals surface area contributed by atoms with Crippen molar-refractivity contribution in [3.8, 4) is 0 Å². The normalized spacial score (nSPS) is 34.1. The first-order chi connectivity index (χ1) is 12.8. The van der Waals surface area contributed by atoms with Gasteiger partial charge in [0.05, 0.1) is 11.1 Å². The third-order valence-corrected chi connectivity index (χ3v) is 7.85. The van der Waals surface area contributed by atoms with Crippen LogP contribution in [0.3, 0.4) is 0 Å². The van der Waals surface area contributed by atoms with Gasteiger partial charge >= 0.3 is 5.97 Å². The van der Waals surface area contributed by atoms with E-state index in [0.717, 1.165) is 23.7 Å². The molecule has 0 amide bonds. The molecule has 0 radical (unpaired) electrons. The lowest BCUT2D eigenvalue weighted by molar-refractivity contribution is -0.171. The van der Waals surface area contributed by atoms with Crippen molar-refractivity contribution in [2.75, 3.05) is 0 Å². The average molecular weight is 496 g/mol. The van der Waals surface area contributed by atoms with E-state index in [1.807, 2.05) is 6.07 Å². The number of carbonyl (C=O) groups excluding carboxylic acids is 1. The number of aromatic nitrogens is 2. The van der Waals surface area contributed by atoms with E-state index in [0.29, 0.717) is 23.2 Å². The Bertz CT molecular complexity index is 988. The van der Waals surface area contributed by atoms with E-state index in [4.69, 9.17) is 4.74 Å². The van der Waals surface area contributed by atoms with E-state index < -0.39 is 0 Å². The van der Waals surface area contributed by atoms with Crippen LogP contribution < -0.4 is 5.56 Å². The summed E-state index contributed by atoms with van der Waals surface area (Å²) in [5, 5.41) is 0. The molecule has 27 heavy (non-hydrogen) atoms. The van der Waals surface area contributed by atoms with E-state index in [1.165, 1.54) is 29.7 Å². The lowest BCUT2D eigenvalue weighted by atomic mass is 9.49. The molecule has 7 heteroatoms. The Balaban J connectivity index is 1.36. The van der Waals surface area contributed by atoms with Gasteiger partial charge in [0.15, 0.2) is 0 Å². The van der Waals surface area contributed by atoms with Gasteiger partial charge in [-0.3, -0.25) is 14.0 Å². The number of fused-ring (bicyclic) bond motifs is 1. The highest BCUT2D eigenvalue weighted by molar-refractivity contribution is 9.10. The van der Waals surface area contributed by atoms with Crippen LogP contribution in [0.5, 0.6) is 0 Å². The third kappa shape index (κ3) is 3.07. The van der Waals surface area contributed by atoms with Gasteiger partial charge in [-0.25, -0.2) is 4.98 Å².